The molecule has 126 valence electrons. The maximum Gasteiger partial charge on any atom is 0.246 e. The van der Waals surface area contributed by atoms with E-state index in [9.17, 15) is 12.8 Å². The molecule has 1 saturated heterocycles. The number of aromatic nitrogens is 2. The quantitative estimate of drug-likeness (QED) is 0.893. The number of nitrogens with zero attached hydrogens (tertiary/aromatic N) is 3. The number of benzene rings is 1. The Kier molecular flexibility index (Phi) is 5.41. The van der Waals surface area contributed by atoms with Crippen LogP contribution in [-0.2, 0) is 10.0 Å². The van der Waals surface area contributed by atoms with Gasteiger partial charge >= 0.3 is 0 Å². The summed E-state index contributed by atoms with van der Waals surface area (Å²) in [4.78, 5) is 0.0634. The van der Waals surface area contributed by atoms with Crippen LogP contribution in [0.15, 0.2) is 41.6 Å². The molecule has 1 fully saturated rings. The fourth-order valence-corrected chi connectivity index (χ4v) is 4.03. The Morgan fingerprint density at radius 2 is 2.09 bits per heavy atom. The molecule has 0 amide bonds. The van der Waals surface area contributed by atoms with E-state index < -0.39 is 15.8 Å². The molecular weight excluding hydrogens is 343 g/mol. The molecule has 1 atom stereocenters. The van der Waals surface area contributed by atoms with Crippen LogP contribution in [0.5, 0.6) is 0 Å². The van der Waals surface area contributed by atoms with E-state index in [1.165, 1.54) is 27.4 Å². The molecule has 0 aliphatic carbocycles. The van der Waals surface area contributed by atoms with Crippen LogP contribution in [-0.4, -0.2) is 42.1 Å². The number of hydrogen-bond donors (Lipinski definition) is 1. The van der Waals surface area contributed by atoms with Gasteiger partial charge in [0.25, 0.3) is 0 Å². The Labute approximate surface area is 140 Å². The van der Waals surface area contributed by atoms with Crippen molar-refractivity contribution in [2.75, 3.05) is 19.6 Å². The lowest BCUT2D eigenvalue weighted by Gasteiger charge is -2.14. The van der Waals surface area contributed by atoms with Crippen LogP contribution >= 0.6 is 12.4 Å². The van der Waals surface area contributed by atoms with E-state index in [0.717, 1.165) is 6.42 Å². The number of hydrogen-bond acceptors (Lipinski definition) is 4. The Morgan fingerprint density at radius 1 is 1.35 bits per heavy atom. The first-order valence-electron chi connectivity index (χ1n) is 7.02. The van der Waals surface area contributed by atoms with Gasteiger partial charge in [-0.05, 0) is 31.0 Å². The summed E-state index contributed by atoms with van der Waals surface area (Å²) < 4.78 is 41.5. The Balaban J connectivity index is 0.00000192. The lowest BCUT2D eigenvalue weighted by atomic mass is 10.1. The molecule has 2 aromatic rings. The van der Waals surface area contributed by atoms with Gasteiger partial charge in [0.05, 0.1) is 12.4 Å². The van der Waals surface area contributed by atoms with Crippen LogP contribution in [0.1, 0.15) is 6.42 Å². The van der Waals surface area contributed by atoms with Crippen molar-refractivity contribution in [3.05, 3.63) is 42.5 Å². The standard InChI is InChI=1S/C14H17FN4O2S.ClH/c15-13-3-1-2-4-14(13)19-10-12(8-17-19)22(20,21)18-6-5-11(7-16)9-18;/h1-4,8,10-11H,5-7,9,16H2;1H. The van der Waals surface area contributed by atoms with E-state index in [2.05, 4.69) is 5.10 Å². The van der Waals surface area contributed by atoms with E-state index in [0.29, 0.717) is 19.6 Å². The highest BCUT2D eigenvalue weighted by Gasteiger charge is 2.32. The third-order valence-corrected chi connectivity index (χ3v) is 5.70. The maximum absolute atomic E-state index is 13.7. The van der Waals surface area contributed by atoms with Gasteiger partial charge in [-0.15, -0.1) is 12.4 Å². The average molecular weight is 361 g/mol. The van der Waals surface area contributed by atoms with Crippen LogP contribution in [0.2, 0.25) is 0 Å². The van der Waals surface area contributed by atoms with Gasteiger partial charge in [-0.3, -0.25) is 0 Å². The second kappa shape index (κ2) is 6.96. The minimum atomic E-state index is -3.61. The normalized spacial score (nSPS) is 18.8. The zero-order valence-electron chi connectivity index (χ0n) is 12.3. The van der Waals surface area contributed by atoms with Crippen molar-refractivity contribution in [2.45, 2.75) is 11.3 Å². The van der Waals surface area contributed by atoms with Gasteiger partial charge in [-0.2, -0.15) is 9.40 Å². The Morgan fingerprint density at radius 3 is 2.74 bits per heavy atom. The highest BCUT2D eigenvalue weighted by molar-refractivity contribution is 7.89. The Bertz CT molecular complexity index is 781. The van der Waals surface area contributed by atoms with Gasteiger partial charge in [-0.1, -0.05) is 12.1 Å². The number of rotatable bonds is 4. The summed E-state index contributed by atoms with van der Waals surface area (Å²) in [5, 5.41) is 3.97. The molecule has 1 aliphatic heterocycles. The molecule has 1 unspecified atom stereocenters. The molecule has 0 spiro atoms. The summed E-state index contributed by atoms with van der Waals surface area (Å²) in [7, 11) is -3.61. The van der Waals surface area contributed by atoms with Crippen molar-refractivity contribution in [1.29, 1.82) is 0 Å². The monoisotopic (exact) mass is 360 g/mol. The van der Waals surface area contributed by atoms with Gasteiger partial charge in [0.1, 0.15) is 16.4 Å². The third kappa shape index (κ3) is 3.40. The van der Waals surface area contributed by atoms with Gasteiger partial charge in [0, 0.05) is 13.1 Å². The zero-order chi connectivity index (χ0) is 15.7. The van der Waals surface area contributed by atoms with Crippen molar-refractivity contribution in [3.8, 4) is 5.69 Å². The van der Waals surface area contributed by atoms with Crippen molar-refractivity contribution in [2.24, 2.45) is 11.7 Å². The molecule has 6 nitrogen and oxygen atoms in total. The summed E-state index contributed by atoms with van der Waals surface area (Å²) in [6.07, 6.45) is 3.35. The largest absolute Gasteiger partial charge is 0.330 e. The lowest BCUT2D eigenvalue weighted by molar-refractivity contribution is 0.459. The highest BCUT2D eigenvalue weighted by atomic mass is 35.5. The van der Waals surface area contributed by atoms with Crippen molar-refractivity contribution >= 4 is 22.4 Å². The molecular formula is C14H18ClFN4O2S. The van der Waals surface area contributed by atoms with Crippen molar-refractivity contribution < 1.29 is 12.8 Å². The highest BCUT2D eigenvalue weighted by Crippen LogP contribution is 2.24. The van der Waals surface area contributed by atoms with Crippen LogP contribution in [0, 0.1) is 11.7 Å². The number of nitrogens with two attached hydrogens (primary N) is 1. The predicted octanol–water partition coefficient (Wildman–Crippen LogP) is 1.40. The van der Waals surface area contributed by atoms with Gasteiger partial charge in [0.2, 0.25) is 10.0 Å². The molecule has 0 radical (unpaired) electrons. The topological polar surface area (TPSA) is 81.2 Å². The molecule has 3 rings (SSSR count). The molecule has 1 aromatic heterocycles. The Hall–Kier alpha value is -1.48. The van der Waals surface area contributed by atoms with Crippen molar-refractivity contribution in [1.82, 2.24) is 14.1 Å². The number of halogens is 2. The van der Waals surface area contributed by atoms with Gasteiger partial charge in [-0.25, -0.2) is 17.5 Å². The van der Waals surface area contributed by atoms with Crippen LogP contribution < -0.4 is 5.73 Å². The van der Waals surface area contributed by atoms with Gasteiger partial charge in [0.15, 0.2) is 0 Å². The first-order valence-corrected chi connectivity index (χ1v) is 8.46. The predicted molar refractivity (Wildman–Crippen MR) is 86.7 cm³/mol. The number of sulfonamides is 1. The van der Waals surface area contributed by atoms with E-state index in [4.69, 9.17) is 5.73 Å². The van der Waals surface area contributed by atoms with E-state index in [1.54, 1.807) is 18.2 Å². The molecule has 1 aromatic carbocycles. The van der Waals surface area contributed by atoms with E-state index in [-0.39, 0.29) is 28.9 Å². The molecule has 0 bridgehead atoms. The first kappa shape index (κ1) is 17.9. The zero-order valence-corrected chi connectivity index (χ0v) is 13.9. The molecule has 1 aliphatic rings. The minimum Gasteiger partial charge on any atom is -0.330 e. The van der Waals surface area contributed by atoms with Crippen LogP contribution in [0.3, 0.4) is 0 Å². The van der Waals surface area contributed by atoms with Crippen molar-refractivity contribution in [3.63, 3.8) is 0 Å². The second-order valence-electron chi connectivity index (χ2n) is 5.33. The molecule has 2 heterocycles. The summed E-state index contributed by atoms with van der Waals surface area (Å²) in [6, 6.07) is 6.08. The van der Waals surface area contributed by atoms with Crippen LogP contribution in [0.4, 0.5) is 4.39 Å². The van der Waals surface area contributed by atoms with E-state index in [1.807, 2.05) is 0 Å². The minimum absolute atomic E-state index is 0. The smallest absolute Gasteiger partial charge is 0.246 e. The second-order valence-corrected chi connectivity index (χ2v) is 7.26. The third-order valence-electron chi connectivity index (χ3n) is 3.88. The summed E-state index contributed by atoms with van der Waals surface area (Å²) in [5.74, 6) is -0.268. The first-order chi connectivity index (χ1) is 10.5. The SMILES string of the molecule is Cl.NCC1CCN(S(=O)(=O)c2cnn(-c3ccccc3F)c2)C1. The fourth-order valence-electron chi connectivity index (χ4n) is 2.57. The molecule has 23 heavy (non-hydrogen) atoms. The summed E-state index contributed by atoms with van der Waals surface area (Å²) >= 11 is 0. The summed E-state index contributed by atoms with van der Waals surface area (Å²) in [5.41, 5.74) is 5.81. The fraction of sp³-hybridized carbons (Fsp3) is 0.357. The van der Waals surface area contributed by atoms with Crippen LogP contribution in [0.25, 0.3) is 5.69 Å². The van der Waals surface area contributed by atoms with E-state index >= 15 is 0 Å². The summed E-state index contributed by atoms with van der Waals surface area (Å²) in [6.45, 7) is 1.35. The average Bonchev–Trinajstić information content (AvgIpc) is 3.17. The lowest BCUT2D eigenvalue weighted by Crippen LogP contribution is -2.29. The maximum atomic E-state index is 13.7. The molecule has 0 saturated carbocycles. The van der Waals surface area contributed by atoms with Gasteiger partial charge < -0.3 is 5.73 Å². The molecule has 9 heteroatoms. The molecule has 2 N–H and O–H groups in total. The number of para-hydroxylation sites is 1.